The summed E-state index contributed by atoms with van der Waals surface area (Å²) in [5.74, 6) is -0.324. The van der Waals surface area contributed by atoms with Crippen LogP contribution in [0.15, 0.2) is 58.4 Å². The van der Waals surface area contributed by atoms with Gasteiger partial charge in [-0.1, -0.05) is 18.2 Å². The molecule has 0 spiro atoms. The van der Waals surface area contributed by atoms with Crippen molar-refractivity contribution in [1.29, 1.82) is 5.26 Å². The van der Waals surface area contributed by atoms with Gasteiger partial charge in [-0.05, 0) is 35.9 Å². The van der Waals surface area contributed by atoms with Crippen LogP contribution in [0.3, 0.4) is 0 Å². The summed E-state index contributed by atoms with van der Waals surface area (Å²) in [7, 11) is -2.47. The molecule has 10 heteroatoms. The first-order valence-electron chi connectivity index (χ1n) is 7.60. The van der Waals surface area contributed by atoms with Crippen molar-refractivity contribution in [2.24, 2.45) is 10.1 Å². The quantitative estimate of drug-likeness (QED) is 0.229. The minimum atomic E-state index is -3.75. The lowest BCUT2D eigenvalue weighted by Crippen LogP contribution is -2.27. The molecule has 9 nitrogen and oxygen atoms in total. The van der Waals surface area contributed by atoms with Crippen LogP contribution in [0.1, 0.15) is 15.9 Å². The zero-order valence-corrected chi connectivity index (χ0v) is 15.2. The SMILES string of the molecule is COC(=O)c1cccc(NC(=NCc2ccc(S(N)(=O)=O)cc2)NC#N)c1. The number of nitrogens with one attached hydrogen (secondary N) is 2. The highest BCUT2D eigenvalue weighted by molar-refractivity contribution is 7.89. The number of nitrogens with two attached hydrogens (primary N) is 1. The fraction of sp³-hybridized carbons (Fsp3) is 0.118. The first-order chi connectivity index (χ1) is 12.8. The van der Waals surface area contributed by atoms with Gasteiger partial charge in [-0.3, -0.25) is 5.32 Å². The molecule has 0 aliphatic carbocycles. The Bertz CT molecular complexity index is 995. The molecule has 0 aliphatic rings. The predicted molar refractivity (Wildman–Crippen MR) is 99.1 cm³/mol. The van der Waals surface area contributed by atoms with Gasteiger partial charge in [0.1, 0.15) is 0 Å². The molecule has 2 rings (SSSR count). The Balaban J connectivity index is 2.15. The summed E-state index contributed by atoms with van der Waals surface area (Å²) in [6.07, 6.45) is 1.77. The molecule has 0 amide bonds. The number of carbonyl (C=O) groups excluding carboxylic acids is 1. The molecule has 0 bridgehead atoms. The fourth-order valence-corrected chi connectivity index (χ4v) is 2.61. The van der Waals surface area contributed by atoms with Crippen LogP contribution in [0.25, 0.3) is 0 Å². The first-order valence-corrected chi connectivity index (χ1v) is 9.15. The predicted octanol–water partition coefficient (Wildman–Crippen LogP) is 1.16. The van der Waals surface area contributed by atoms with Crippen molar-refractivity contribution in [3.8, 4) is 6.19 Å². The molecule has 0 saturated carbocycles. The molecule has 2 aromatic carbocycles. The number of primary sulfonamides is 1. The van der Waals surface area contributed by atoms with E-state index in [-0.39, 0.29) is 17.4 Å². The number of sulfonamides is 1. The summed E-state index contributed by atoms with van der Waals surface area (Å²) in [6, 6.07) is 12.4. The van der Waals surface area contributed by atoms with Crippen LogP contribution in [0.5, 0.6) is 0 Å². The number of guanidine groups is 1. The number of hydrogen-bond acceptors (Lipinski definition) is 6. The van der Waals surface area contributed by atoms with E-state index < -0.39 is 16.0 Å². The molecule has 140 valence electrons. The van der Waals surface area contributed by atoms with E-state index in [1.54, 1.807) is 42.6 Å². The van der Waals surface area contributed by atoms with Gasteiger partial charge < -0.3 is 10.1 Å². The molecule has 4 N–H and O–H groups in total. The van der Waals surface area contributed by atoms with Crippen LogP contribution in [0, 0.1) is 11.5 Å². The summed E-state index contributed by atoms with van der Waals surface area (Å²) < 4.78 is 27.2. The van der Waals surface area contributed by atoms with Gasteiger partial charge >= 0.3 is 5.97 Å². The van der Waals surface area contributed by atoms with Gasteiger partial charge in [-0.2, -0.15) is 5.26 Å². The van der Waals surface area contributed by atoms with E-state index in [0.717, 1.165) is 0 Å². The fourth-order valence-electron chi connectivity index (χ4n) is 2.10. The molecule has 27 heavy (non-hydrogen) atoms. The largest absolute Gasteiger partial charge is 0.465 e. The van der Waals surface area contributed by atoms with Crippen molar-refractivity contribution in [2.45, 2.75) is 11.4 Å². The van der Waals surface area contributed by atoms with Crippen LogP contribution in [0.2, 0.25) is 0 Å². The molecule has 0 fully saturated rings. The third-order valence-corrected chi connectivity index (χ3v) is 4.32. The van der Waals surface area contributed by atoms with Crippen LogP contribution < -0.4 is 15.8 Å². The zero-order valence-electron chi connectivity index (χ0n) is 14.3. The highest BCUT2D eigenvalue weighted by Gasteiger charge is 2.08. The van der Waals surface area contributed by atoms with Crippen LogP contribution in [-0.2, 0) is 21.3 Å². The third-order valence-electron chi connectivity index (χ3n) is 3.39. The second kappa shape index (κ2) is 8.79. The molecule has 0 radical (unpaired) electrons. The molecule has 0 heterocycles. The number of carbonyl (C=O) groups is 1. The second-order valence-corrected chi connectivity index (χ2v) is 6.85. The van der Waals surface area contributed by atoms with E-state index in [0.29, 0.717) is 16.8 Å². The van der Waals surface area contributed by atoms with Crippen molar-refractivity contribution < 1.29 is 17.9 Å². The van der Waals surface area contributed by atoms with Gasteiger partial charge in [0, 0.05) is 5.69 Å². The molecular weight excluding hydrogens is 370 g/mol. The van der Waals surface area contributed by atoms with Gasteiger partial charge in [0.05, 0.1) is 24.1 Å². The summed E-state index contributed by atoms with van der Waals surface area (Å²) in [5.41, 5.74) is 1.59. The van der Waals surface area contributed by atoms with Gasteiger partial charge in [0.25, 0.3) is 0 Å². The van der Waals surface area contributed by atoms with Gasteiger partial charge in [-0.15, -0.1) is 0 Å². The third kappa shape index (κ3) is 5.81. The van der Waals surface area contributed by atoms with E-state index in [1.807, 2.05) is 0 Å². The van der Waals surface area contributed by atoms with Crippen molar-refractivity contribution in [2.75, 3.05) is 12.4 Å². The normalized spacial score (nSPS) is 11.4. The highest BCUT2D eigenvalue weighted by Crippen LogP contribution is 2.12. The van der Waals surface area contributed by atoms with Gasteiger partial charge in [0.2, 0.25) is 16.0 Å². The van der Waals surface area contributed by atoms with Crippen molar-refractivity contribution >= 4 is 27.6 Å². The number of anilines is 1. The lowest BCUT2D eigenvalue weighted by atomic mass is 10.2. The second-order valence-electron chi connectivity index (χ2n) is 5.29. The monoisotopic (exact) mass is 387 g/mol. The smallest absolute Gasteiger partial charge is 0.337 e. The van der Waals surface area contributed by atoms with Crippen molar-refractivity contribution in [3.63, 3.8) is 0 Å². The average molecular weight is 387 g/mol. The summed E-state index contributed by atoms with van der Waals surface area (Å²) in [6.45, 7) is 0.179. The van der Waals surface area contributed by atoms with Crippen LogP contribution in [0.4, 0.5) is 5.69 Å². The minimum Gasteiger partial charge on any atom is -0.465 e. The molecule has 0 aliphatic heterocycles. The Morgan fingerprint density at radius 2 is 1.96 bits per heavy atom. The molecule has 0 saturated heterocycles. The van der Waals surface area contributed by atoms with E-state index in [1.165, 1.54) is 19.2 Å². The van der Waals surface area contributed by atoms with Gasteiger partial charge in [0.15, 0.2) is 6.19 Å². The van der Waals surface area contributed by atoms with E-state index >= 15 is 0 Å². The maximum atomic E-state index is 11.6. The maximum absolute atomic E-state index is 11.6. The van der Waals surface area contributed by atoms with E-state index in [9.17, 15) is 13.2 Å². The first kappa shape index (κ1) is 19.9. The number of aliphatic imine (C=N–C) groups is 1. The molecule has 0 unspecified atom stereocenters. The number of benzene rings is 2. The maximum Gasteiger partial charge on any atom is 0.337 e. The number of nitriles is 1. The minimum absolute atomic E-state index is 0.00310. The molecular formula is C17H17N5O4S. The highest BCUT2D eigenvalue weighted by atomic mass is 32.2. The van der Waals surface area contributed by atoms with E-state index in [2.05, 4.69) is 20.4 Å². The van der Waals surface area contributed by atoms with E-state index in [4.69, 9.17) is 10.4 Å². The molecule has 2 aromatic rings. The van der Waals surface area contributed by atoms with Crippen LogP contribution in [-0.4, -0.2) is 27.5 Å². The topological polar surface area (TPSA) is 147 Å². The number of esters is 1. The lowest BCUT2D eigenvalue weighted by molar-refractivity contribution is 0.0601. The Kier molecular flexibility index (Phi) is 6.48. The van der Waals surface area contributed by atoms with Crippen LogP contribution >= 0.6 is 0 Å². The number of methoxy groups -OCH3 is 1. The standard InChI is InChI=1S/C17H17N5O4S/c1-26-16(23)13-3-2-4-14(9-13)22-17(21-11-18)20-10-12-5-7-15(8-6-12)27(19,24)25/h2-9H,10H2,1H3,(H2,19,24,25)(H2,20,21,22). The number of nitrogens with zero attached hydrogens (tertiary/aromatic N) is 2. The number of rotatable bonds is 5. The number of hydrogen-bond donors (Lipinski definition) is 3. The molecule has 0 aromatic heterocycles. The Hall–Kier alpha value is -3.42. The summed E-state index contributed by atoms with van der Waals surface area (Å²) >= 11 is 0. The Morgan fingerprint density at radius 3 is 2.56 bits per heavy atom. The molecule has 0 atom stereocenters. The van der Waals surface area contributed by atoms with Crippen molar-refractivity contribution in [1.82, 2.24) is 5.32 Å². The Morgan fingerprint density at radius 1 is 1.26 bits per heavy atom. The Labute approximate surface area is 156 Å². The number of ether oxygens (including phenoxy) is 1. The summed E-state index contributed by atoms with van der Waals surface area (Å²) in [4.78, 5) is 15.8. The average Bonchev–Trinajstić information content (AvgIpc) is 2.65. The van der Waals surface area contributed by atoms with Crippen molar-refractivity contribution in [3.05, 3.63) is 59.7 Å². The summed E-state index contributed by atoms with van der Waals surface area (Å²) in [5, 5.41) is 19.2. The lowest BCUT2D eigenvalue weighted by Gasteiger charge is -2.09. The van der Waals surface area contributed by atoms with Gasteiger partial charge in [-0.25, -0.2) is 23.3 Å². The zero-order chi connectivity index (χ0) is 19.9.